The predicted octanol–water partition coefficient (Wildman–Crippen LogP) is 1.61. The van der Waals surface area contributed by atoms with Gasteiger partial charge in [0.05, 0.1) is 6.54 Å². The lowest BCUT2D eigenvalue weighted by Crippen LogP contribution is -2.39. The highest BCUT2D eigenvalue weighted by atomic mass is 16.3. The van der Waals surface area contributed by atoms with Crippen LogP contribution in [-0.2, 0) is 5.60 Å². The largest absolute Gasteiger partial charge is 0.466 e. The predicted molar refractivity (Wildman–Crippen MR) is 94.9 cm³/mol. The van der Waals surface area contributed by atoms with E-state index in [0.29, 0.717) is 0 Å². The van der Waals surface area contributed by atoms with Crippen molar-refractivity contribution in [2.24, 2.45) is 4.99 Å². The Morgan fingerprint density at radius 1 is 1.35 bits per heavy atom. The van der Waals surface area contributed by atoms with E-state index in [0.717, 1.165) is 49.1 Å². The van der Waals surface area contributed by atoms with Crippen molar-refractivity contribution in [1.82, 2.24) is 15.5 Å². The van der Waals surface area contributed by atoms with Gasteiger partial charge in [-0.1, -0.05) is 0 Å². The maximum absolute atomic E-state index is 10.7. The fourth-order valence-electron chi connectivity index (χ4n) is 2.43. The highest BCUT2D eigenvalue weighted by Gasteiger charge is 2.27. The van der Waals surface area contributed by atoms with E-state index in [1.807, 2.05) is 26.8 Å². The van der Waals surface area contributed by atoms with Gasteiger partial charge in [0.1, 0.15) is 17.1 Å². The number of guanidine groups is 1. The van der Waals surface area contributed by atoms with Crippen LogP contribution in [0.3, 0.4) is 0 Å². The van der Waals surface area contributed by atoms with Gasteiger partial charge in [0.15, 0.2) is 5.96 Å². The molecule has 6 nitrogen and oxygen atoms in total. The van der Waals surface area contributed by atoms with Crippen LogP contribution >= 0.6 is 0 Å². The molecule has 132 valence electrons. The van der Waals surface area contributed by atoms with Gasteiger partial charge in [-0.25, -0.2) is 4.99 Å². The zero-order valence-electron chi connectivity index (χ0n) is 15.4. The minimum absolute atomic E-state index is 0.274. The number of nitrogens with zero attached hydrogens (tertiary/aromatic N) is 2. The number of nitrogens with one attached hydrogen (secondary N) is 2. The van der Waals surface area contributed by atoms with E-state index in [1.54, 1.807) is 6.92 Å². The number of aliphatic imine (C=N–C) groups is 1. The zero-order chi connectivity index (χ0) is 17.5. The van der Waals surface area contributed by atoms with Gasteiger partial charge in [-0.15, -0.1) is 0 Å². The van der Waals surface area contributed by atoms with Crippen molar-refractivity contribution in [2.75, 3.05) is 40.3 Å². The van der Waals surface area contributed by atoms with Crippen LogP contribution in [0, 0.1) is 13.8 Å². The van der Waals surface area contributed by atoms with Gasteiger partial charge >= 0.3 is 0 Å². The van der Waals surface area contributed by atoms with Crippen molar-refractivity contribution < 1.29 is 9.52 Å². The highest BCUT2D eigenvalue weighted by molar-refractivity contribution is 5.79. The topological polar surface area (TPSA) is 73.0 Å². The Bertz CT molecular complexity index is 507. The van der Waals surface area contributed by atoms with E-state index in [-0.39, 0.29) is 6.54 Å². The van der Waals surface area contributed by atoms with Gasteiger partial charge in [-0.2, -0.15) is 0 Å². The molecule has 1 aromatic heterocycles. The number of hydrogen-bond donors (Lipinski definition) is 3. The first-order chi connectivity index (χ1) is 10.8. The average molecular weight is 324 g/mol. The molecule has 0 fully saturated rings. The van der Waals surface area contributed by atoms with Crippen LogP contribution in [0.1, 0.15) is 37.4 Å². The zero-order valence-corrected chi connectivity index (χ0v) is 15.4. The second-order valence-corrected chi connectivity index (χ2v) is 6.38. The molecule has 0 amide bonds. The molecule has 0 aliphatic heterocycles. The highest BCUT2D eigenvalue weighted by Crippen LogP contribution is 2.27. The molecule has 6 heteroatoms. The van der Waals surface area contributed by atoms with Crippen LogP contribution in [-0.4, -0.2) is 56.2 Å². The third kappa shape index (κ3) is 6.62. The lowest BCUT2D eigenvalue weighted by atomic mass is 9.96. The Hall–Kier alpha value is -1.53. The minimum Gasteiger partial charge on any atom is -0.466 e. The van der Waals surface area contributed by atoms with Crippen molar-refractivity contribution in [2.45, 2.75) is 39.7 Å². The SMILES string of the molecule is CCNC(=NCC(C)(O)c1cc(C)oc1C)NCCCN(C)C. The van der Waals surface area contributed by atoms with Gasteiger partial charge in [0.2, 0.25) is 0 Å². The summed E-state index contributed by atoms with van der Waals surface area (Å²) in [7, 11) is 4.12. The molecule has 1 aromatic rings. The lowest BCUT2D eigenvalue weighted by molar-refractivity contribution is 0.0657. The van der Waals surface area contributed by atoms with Crippen molar-refractivity contribution in [1.29, 1.82) is 0 Å². The molecule has 3 N–H and O–H groups in total. The molecular weight excluding hydrogens is 292 g/mol. The van der Waals surface area contributed by atoms with Crippen LogP contribution in [0.2, 0.25) is 0 Å². The summed E-state index contributed by atoms with van der Waals surface area (Å²) in [5, 5.41) is 17.2. The van der Waals surface area contributed by atoms with E-state index >= 15 is 0 Å². The van der Waals surface area contributed by atoms with Crippen molar-refractivity contribution in [3.05, 3.63) is 23.2 Å². The van der Waals surface area contributed by atoms with E-state index in [9.17, 15) is 5.11 Å². The summed E-state index contributed by atoms with van der Waals surface area (Å²) >= 11 is 0. The van der Waals surface area contributed by atoms with Crippen LogP contribution < -0.4 is 10.6 Å². The molecule has 0 spiro atoms. The number of aryl methyl sites for hydroxylation is 2. The number of rotatable bonds is 8. The van der Waals surface area contributed by atoms with Gasteiger partial charge < -0.3 is 25.1 Å². The molecule has 0 aromatic carbocycles. The summed E-state index contributed by atoms with van der Waals surface area (Å²) in [6.07, 6.45) is 1.04. The van der Waals surface area contributed by atoms with E-state index in [4.69, 9.17) is 4.42 Å². The fourth-order valence-corrected chi connectivity index (χ4v) is 2.43. The summed E-state index contributed by atoms with van der Waals surface area (Å²) in [4.78, 5) is 6.67. The molecule has 1 unspecified atom stereocenters. The standard InChI is InChI=1S/C17H32N4O2/c1-7-18-16(19-9-8-10-21(5)6)20-12-17(4,22)15-11-13(2)23-14(15)3/h11,22H,7-10,12H2,1-6H3,(H2,18,19,20). The third-order valence-electron chi connectivity index (χ3n) is 3.59. The third-order valence-corrected chi connectivity index (χ3v) is 3.59. The Labute approximate surface area is 140 Å². The Morgan fingerprint density at radius 2 is 2.04 bits per heavy atom. The van der Waals surface area contributed by atoms with Crippen LogP contribution in [0.15, 0.2) is 15.5 Å². The molecule has 1 rings (SSSR count). The Kier molecular flexibility index (Phi) is 7.58. The maximum atomic E-state index is 10.7. The second-order valence-electron chi connectivity index (χ2n) is 6.38. The van der Waals surface area contributed by atoms with Crippen LogP contribution in [0.4, 0.5) is 0 Å². The fraction of sp³-hybridized carbons (Fsp3) is 0.706. The molecule has 0 radical (unpaired) electrons. The quantitative estimate of drug-likeness (QED) is 0.385. The Balaban J connectivity index is 2.66. The van der Waals surface area contributed by atoms with Gasteiger partial charge in [-0.3, -0.25) is 0 Å². The lowest BCUT2D eigenvalue weighted by Gasteiger charge is -2.21. The summed E-state index contributed by atoms with van der Waals surface area (Å²) in [5.41, 5.74) is -0.254. The first-order valence-electron chi connectivity index (χ1n) is 8.23. The number of hydrogen-bond acceptors (Lipinski definition) is 4. The smallest absolute Gasteiger partial charge is 0.191 e. The molecule has 23 heavy (non-hydrogen) atoms. The molecule has 0 aliphatic rings. The van der Waals surface area contributed by atoms with Crippen molar-refractivity contribution in [3.63, 3.8) is 0 Å². The molecule has 0 saturated carbocycles. The average Bonchev–Trinajstić information content (AvgIpc) is 2.80. The van der Waals surface area contributed by atoms with Crippen molar-refractivity contribution in [3.8, 4) is 0 Å². The van der Waals surface area contributed by atoms with Gasteiger partial charge in [0, 0.05) is 18.7 Å². The Morgan fingerprint density at radius 3 is 2.57 bits per heavy atom. The van der Waals surface area contributed by atoms with Crippen molar-refractivity contribution >= 4 is 5.96 Å². The first-order valence-corrected chi connectivity index (χ1v) is 8.23. The molecule has 1 atom stereocenters. The van der Waals surface area contributed by atoms with E-state index in [1.165, 1.54) is 0 Å². The molecule has 1 heterocycles. The molecule has 0 saturated heterocycles. The summed E-state index contributed by atoms with van der Waals surface area (Å²) < 4.78 is 5.51. The second kappa shape index (κ2) is 8.93. The van der Waals surface area contributed by atoms with Crippen LogP contribution in [0.25, 0.3) is 0 Å². The summed E-state index contributed by atoms with van der Waals surface area (Å²) in [5.74, 6) is 2.27. The summed E-state index contributed by atoms with van der Waals surface area (Å²) in [6.45, 7) is 10.5. The number of furan rings is 1. The van der Waals surface area contributed by atoms with Crippen LogP contribution in [0.5, 0.6) is 0 Å². The van der Waals surface area contributed by atoms with Gasteiger partial charge in [-0.05, 0) is 60.8 Å². The molecule has 0 bridgehead atoms. The normalized spacial score (nSPS) is 14.9. The first kappa shape index (κ1) is 19.5. The molecule has 0 aliphatic carbocycles. The molecular formula is C17H32N4O2. The monoisotopic (exact) mass is 324 g/mol. The summed E-state index contributed by atoms with van der Waals surface area (Å²) in [6, 6.07) is 1.88. The van der Waals surface area contributed by atoms with E-state index in [2.05, 4.69) is 34.6 Å². The minimum atomic E-state index is -1.05. The number of aliphatic hydroxyl groups is 1. The maximum Gasteiger partial charge on any atom is 0.191 e. The van der Waals surface area contributed by atoms with E-state index < -0.39 is 5.60 Å². The van der Waals surface area contributed by atoms with Gasteiger partial charge in [0.25, 0.3) is 0 Å².